The monoisotopic (exact) mass is 465 g/mol. The van der Waals surface area contributed by atoms with E-state index in [2.05, 4.69) is 29.2 Å². The van der Waals surface area contributed by atoms with Gasteiger partial charge in [-0.2, -0.15) is 5.10 Å². The third-order valence-corrected chi connectivity index (χ3v) is 6.64. The molecule has 0 atom stereocenters. The van der Waals surface area contributed by atoms with Crippen LogP contribution < -0.4 is 10.2 Å². The number of rotatable bonds is 3. The van der Waals surface area contributed by atoms with Gasteiger partial charge in [-0.25, -0.2) is 4.68 Å². The van der Waals surface area contributed by atoms with Gasteiger partial charge in [-0.3, -0.25) is 14.9 Å². The fourth-order valence-corrected chi connectivity index (χ4v) is 5.08. The summed E-state index contributed by atoms with van der Waals surface area (Å²) in [5, 5.41) is 20.0. The summed E-state index contributed by atoms with van der Waals surface area (Å²) in [5.74, 6) is -0.259. The van der Waals surface area contributed by atoms with Gasteiger partial charge in [-0.15, -0.1) is 0 Å². The van der Waals surface area contributed by atoms with E-state index in [9.17, 15) is 14.9 Å². The molecule has 0 radical (unpaired) electrons. The summed E-state index contributed by atoms with van der Waals surface area (Å²) in [5.41, 5.74) is 4.40. The topological polar surface area (TPSA) is 93.3 Å². The predicted molar refractivity (Wildman–Crippen MR) is 126 cm³/mol. The molecule has 0 spiro atoms. The standard InChI is InChI=1S/C24H24ClN5O3/c1-24(2)11-22-16(12-27-29(22)19-6-4-3-5-18(19)25)13-28(14-24)20-9-15-7-8-26-23(31)17(15)10-21(20)30(32)33/h3-6,9-10,12H,7-8,11,13-14H2,1-2H3,(H,26,31). The summed E-state index contributed by atoms with van der Waals surface area (Å²) in [4.78, 5) is 25.9. The van der Waals surface area contributed by atoms with Crippen LogP contribution >= 0.6 is 11.6 Å². The highest BCUT2D eigenvalue weighted by Crippen LogP contribution is 2.39. The van der Waals surface area contributed by atoms with Crippen LogP contribution in [0.5, 0.6) is 0 Å². The number of amides is 1. The molecule has 2 aromatic carbocycles. The summed E-state index contributed by atoms with van der Waals surface area (Å²) < 4.78 is 1.88. The number of aromatic nitrogens is 2. The van der Waals surface area contributed by atoms with Crippen molar-refractivity contribution in [1.82, 2.24) is 15.1 Å². The molecular formula is C24H24ClN5O3. The lowest BCUT2D eigenvalue weighted by Crippen LogP contribution is -2.35. The minimum atomic E-state index is -0.399. The molecule has 8 nitrogen and oxygen atoms in total. The number of anilines is 1. The second kappa shape index (κ2) is 7.88. The molecule has 0 unspecified atom stereocenters. The number of nitro groups is 1. The first-order chi connectivity index (χ1) is 15.7. The van der Waals surface area contributed by atoms with Gasteiger partial charge < -0.3 is 10.2 Å². The molecule has 0 fully saturated rings. The molecule has 2 aliphatic heterocycles. The van der Waals surface area contributed by atoms with Crippen molar-refractivity contribution in [2.45, 2.75) is 33.2 Å². The Balaban J connectivity index is 1.62. The molecule has 1 N–H and O–H groups in total. The lowest BCUT2D eigenvalue weighted by molar-refractivity contribution is -0.384. The van der Waals surface area contributed by atoms with Crippen molar-refractivity contribution in [1.29, 1.82) is 0 Å². The van der Waals surface area contributed by atoms with Gasteiger partial charge in [0.05, 0.1) is 21.8 Å². The molecule has 0 saturated heterocycles. The van der Waals surface area contributed by atoms with Crippen LogP contribution in [0.1, 0.15) is 41.0 Å². The Hall–Kier alpha value is -3.39. The van der Waals surface area contributed by atoms with Gasteiger partial charge in [0.15, 0.2) is 0 Å². The predicted octanol–water partition coefficient (Wildman–Crippen LogP) is 4.31. The van der Waals surface area contributed by atoms with E-state index in [1.807, 2.05) is 41.2 Å². The molecule has 33 heavy (non-hydrogen) atoms. The zero-order chi connectivity index (χ0) is 23.3. The van der Waals surface area contributed by atoms with Crippen molar-refractivity contribution in [3.05, 3.63) is 80.1 Å². The SMILES string of the molecule is CC1(C)Cc2c(cnn2-c2ccccc2Cl)CN(c2cc3c(cc2[N+](=O)[O-])C(=O)NCC3)C1. The first-order valence-electron chi connectivity index (χ1n) is 10.9. The molecule has 9 heteroatoms. The largest absolute Gasteiger partial charge is 0.361 e. The Kier molecular flexibility index (Phi) is 5.12. The summed E-state index contributed by atoms with van der Waals surface area (Å²) in [6.45, 7) is 5.93. The smallest absolute Gasteiger partial charge is 0.293 e. The molecule has 3 aromatic rings. The Morgan fingerprint density at radius 1 is 1.18 bits per heavy atom. The van der Waals surface area contributed by atoms with Crippen molar-refractivity contribution in [3.63, 3.8) is 0 Å². The van der Waals surface area contributed by atoms with E-state index >= 15 is 0 Å². The summed E-state index contributed by atoms with van der Waals surface area (Å²) >= 11 is 6.45. The third kappa shape index (κ3) is 3.84. The van der Waals surface area contributed by atoms with Crippen molar-refractivity contribution < 1.29 is 9.72 Å². The van der Waals surface area contributed by atoms with Gasteiger partial charge in [0, 0.05) is 42.5 Å². The van der Waals surface area contributed by atoms with Crippen LogP contribution in [0.15, 0.2) is 42.6 Å². The Morgan fingerprint density at radius 2 is 1.97 bits per heavy atom. The number of nitrogens with one attached hydrogen (secondary N) is 1. The molecule has 0 bridgehead atoms. The molecule has 2 aliphatic rings. The van der Waals surface area contributed by atoms with Gasteiger partial charge in [0.2, 0.25) is 0 Å². The normalized spacial score (nSPS) is 17.1. The van der Waals surface area contributed by atoms with E-state index in [0.717, 1.165) is 28.9 Å². The van der Waals surface area contributed by atoms with Crippen LogP contribution in [0.25, 0.3) is 5.69 Å². The Labute approximate surface area is 196 Å². The molecule has 3 heterocycles. The van der Waals surface area contributed by atoms with Gasteiger partial charge in [0.1, 0.15) is 5.69 Å². The van der Waals surface area contributed by atoms with Crippen LogP contribution in [0.2, 0.25) is 5.02 Å². The second-order valence-electron chi connectivity index (χ2n) is 9.44. The Bertz CT molecular complexity index is 1280. The summed E-state index contributed by atoms with van der Waals surface area (Å²) in [6.07, 6.45) is 3.22. The second-order valence-corrected chi connectivity index (χ2v) is 9.85. The number of hydrogen-bond donors (Lipinski definition) is 1. The molecule has 0 aliphatic carbocycles. The van der Waals surface area contributed by atoms with Crippen molar-refractivity contribution in [2.75, 3.05) is 18.0 Å². The molecule has 1 aromatic heterocycles. The van der Waals surface area contributed by atoms with E-state index in [0.29, 0.717) is 42.3 Å². The first kappa shape index (κ1) is 21.5. The van der Waals surface area contributed by atoms with E-state index in [1.54, 1.807) is 0 Å². The highest BCUT2D eigenvalue weighted by molar-refractivity contribution is 6.32. The molecule has 0 saturated carbocycles. The minimum absolute atomic E-state index is 0.0523. The summed E-state index contributed by atoms with van der Waals surface area (Å²) in [7, 11) is 0. The lowest BCUT2D eigenvalue weighted by Gasteiger charge is -2.32. The number of hydrogen-bond acceptors (Lipinski definition) is 5. The fourth-order valence-electron chi connectivity index (χ4n) is 4.86. The number of nitro benzene ring substituents is 1. The third-order valence-electron chi connectivity index (χ3n) is 6.32. The van der Waals surface area contributed by atoms with Crippen molar-refractivity contribution >= 4 is 28.9 Å². The summed E-state index contributed by atoms with van der Waals surface area (Å²) in [6, 6.07) is 10.8. The highest BCUT2D eigenvalue weighted by Gasteiger charge is 2.34. The van der Waals surface area contributed by atoms with Gasteiger partial charge in [0.25, 0.3) is 11.6 Å². The van der Waals surface area contributed by atoms with E-state index in [4.69, 9.17) is 11.6 Å². The molecule has 1 amide bonds. The van der Waals surface area contributed by atoms with E-state index in [1.165, 1.54) is 6.07 Å². The van der Waals surface area contributed by atoms with Crippen LogP contribution in [0.3, 0.4) is 0 Å². The maximum Gasteiger partial charge on any atom is 0.293 e. The van der Waals surface area contributed by atoms with E-state index in [-0.39, 0.29) is 17.0 Å². The average Bonchev–Trinajstić information content (AvgIpc) is 3.07. The van der Waals surface area contributed by atoms with Crippen molar-refractivity contribution in [3.8, 4) is 5.69 Å². The zero-order valence-corrected chi connectivity index (χ0v) is 19.2. The van der Waals surface area contributed by atoms with Gasteiger partial charge in [-0.05, 0) is 42.0 Å². The first-order valence-corrected chi connectivity index (χ1v) is 11.3. The number of para-hydroxylation sites is 1. The number of benzene rings is 2. The van der Waals surface area contributed by atoms with Crippen LogP contribution in [-0.4, -0.2) is 33.7 Å². The van der Waals surface area contributed by atoms with Crippen LogP contribution in [0.4, 0.5) is 11.4 Å². The maximum absolute atomic E-state index is 12.3. The van der Waals surface area contributed by atoms with Gasteiger partial charge in [-0.1, -0.05) is 37.6 Å². The number of carbonyl (C=O) groups excluding carboxylic acids is 1. The average molecular weight is 466 g/mol. The van der Waals surface area contributed by atoms with Crippen LogP contribution in [0, 0.1) is 15.5 Å². The van der Waals surface area contributed by atoms with Crippen molar-refractivity contribution in [2.24, 2.45) is 5.41 Å². The molecular weight excluding hydrogens is 442 g/mol. The quantitative estimate of drug-likeness (QED) is 0.459. The number of fused-ring (bicyclic) bond motifs is 2. The number of nitrogens with zero attached hydrogens (tertiary/aromatic N) is 4. The van der Waals surface area contributed by atoms with E-state index < -0.39 is 4.92 Å². The maximum atomic E-state index is 12.3. The number of carbonyl (C=O) groups is 1. The minimum Gasteiger partial charge on any atom is -0.361 e. The molecule has 5 rings (SSSR count). The lowest BCUT2D eigenvalue weighted by atomic mass is 9.87. The fraction of sp³-hybridized carbons (Fsp3) is 0.333. The molecule has 170 valence electrons. The van der Waals surface area contributed by atoms with Crippen LogP contribution in [-0.2, 0) is 19.4 Å². The number of halogens is 1. The Morgan fingerprint density at radius 3 is 2.73 bits per heavy atom. The zero-order valence-electron chi connectivity index (χ0n) is 18.5. The highest BCUT2D eigenvalue weighted by atomic mass is 35.5. The van der Waals surface area contributed by atoms with Gasteiger partial charge >= 0.3 is 0 Å².